The molecule has 2 saturated carbocycles. The van der Waals surface area contributed by atoms with Gasteiger partial charge in [-0.15, -0.1) is 0 Å². The number of aliphatic hydroxyl groups is 1. The molecule has 0 saturated heterocycles. The Balaban J connectivity index is 1.55. The molecule has 160 valence electrons. The summed E-state index contributed by atoms with van der Waals surface area (Å²) in [5, 5.41) is 10.3. The minimum absolute atomic E-state index is 0.0702. The summed E-state index contributed by atoms with van der Waals surface area (Å²) in [6.07, 6.45) is 14.0. The minimum atomic E-state index is -0.832. The summed E-state index contributed by atoms with van der Waals surface area (Å²) in [7, 11) is 0. The van der Waals surface area contributed by atoms with Crippen LogP contribution in [-0.2, 0) is 9.59 Å². The van der Waals surface area contributed by atoms with Gasteiger partial charge in [-0.1, -0.05) is 39.3 Å². The van der Waals surface area contributed by atoms with Crippen LogP contribution < -0.4 is 0 Å². The SMILES string of the molecule is CC(=O)CCC[C@@H](C)[C@H]1CC[C@H]2[C@@H]3C=CC4=CC(=O)[C@H](O)C[C@]4(C)[C@H]3CC[C@]12C. The van der Waals surface area contributed by atoms with Crippen LogP contribution in [0.1, 0.15) is 79.1 Å². The molecule has 0 radical (unpaired) electrons. The quantitative estimate of drug-likeness (QED) is 0.686. The monoisotopic (exact) mass is 398 g/mol. The van der Waals surface area contributed by atoms with Gasteiger partial charge >= 0.3 is 0 Å². The van der Waals surface area contributed by atoms with E-state index in [-0.39, 0.29) is 11.2 Å². The van der Waals surface area contributed by atoms with Crippen LogP contribution >= 0.6 is 0 Å². The Kier molecular flexibility index (Phi) is 5.42. The second-order valence-electron chi connectivity index (χ2n) is 11.1. The van der Waals surface area contributed by atoms with Crippen molar-refractivity contribution in [3.05, 3.63) is 23.8 Å². The Bertz CT molecular complexity index is 749. The first kappa shape index (κ1) is 21.0. The second kappa shape index (κ2) is 7.48. The number of ketones is 2. The number of hydrogen-bond donors (Lipinski definition) is 1. The van der Waals surface area contributed by atoms with E-state index in [0.717, 1.165) is 30.8 Å². The molecule has 0 spiro atoms. The second-order valence-corrected chi connectivity index (χ2v) is 11.1. The molecular weight excluding hydrogens is 360 g/mol. The first-order valence-corrected chi connectivity index (χ1v) is 11.8. The van der Waals surface area contributed by atoms with E-state index < -0.39 is 6.10 Å². The predicted molar refractivity (Wildman–Crippen MR) is 115 cm³/mol. The van der Waals surface area contributed by atoms with Crippen LogP contribution in [0.25, 0.3) is 0 Å². The van der Waals surface area contributed by atoms with Crippen molar-refractivity contribution in [2.45, 2.75) is 85.2 Å². The molecule has 0 amide bonds. The molecule has 8 atom stereocenters. The van der Waals surface area contributed by atoms with Crippen LogP contribution in [0.2, 0.25) is 0 Å². The average molecular weight is 399 g/mol. The molecule has 0 bridgehead atoms. The van der Waals surface area contributed by atoms with Gasteiger partial charge in [-0.25, -0.2) is 0 Å². The third-order valence-electron chi connectivity index (χ3n) is 9.50. The molecule has 29 heavy (non-hydrogen) atoms. The van der Waals surface area contributed by atoms with Gasteiger partial charge in [0.25, 0.3) is 0 Å². The summed E-state index contributed by atoms with van der Waals surface area (Å²) in [6, 6.07) is 0. The van der Waals surface area contributed by atoms with Gasteiger partial charge < -0.3 is 9.90 Å². The summed E-state index contributed by atoms with van der Waals surface area (Å²) in [4.78, 5) is 23.4. The molecule has 3 nitrogen and oxygen atoms in total. The molecule has 0 aromatic heterocycles. The van der Waals surface area contributed by atoms with E-state index >= 15 is 0 Å². The lowest BCUT2D eigenvalue weighted by Gasteiger charge is -2.56. The molecule has 4 aliphatic rings. The maximum Gasteiger partial charge on any atom is 0.184 e. The number of hydrogen-bond acceptors (Lipinski definition) is 3. The van der Waals surface area contributed by atoms with Crippen molar-refractivity contribution in [3.63, 3.8) is 0 Å². The Morgan fingerprint density at radius 2 is 2.00 bits per heavy atom. The summed E-state index contributed by atoms with van der Waals surface area (Å²) in [5.41, 5.74) is 1.45. The fourth-order valence-corrected chi connectivity index (χ4v) is 7.91. The maximum atomic E-state index is 12.0. The zero-order valence-corrected chi connectivity index (χ0v) is 18.6. The standard InChI is InChI=1S/C26H38O3/c1-16(6-5-7-17(2)27)20-10-11-21-19-9-8-18-14-23(28)24(29)15-26(18,4)22(19)12-13-25(20,21)3/h8-9,14,16,19-22,24,29H,5-7,10-13,15H2,1-4H3/t16-,19+,20-,21+,22+,24-,25-,26+/m1/s1. The summed E-state index contributed by atoms with van der Waals surface area (Å²) in [6.45, 7) is 8.93. The number of carbonyl (C=O) groups is 2. The Labute approximate surface area is 176 Å². The Morgan fingerprint density at radius 3 is 2.72 bits per heavy atom. The zero-order valence-electron chi connectivity index (χ0n) is 18.6. The number of allylic oxidation sites excluding steroid dienone is 3. The van der Waals surface area contributed by atoms with Crippen LogP contribution in [0.4, 0.5) is 0 Å². The lowest BCUT2D eigenvalue weighted by atomic mass is 9.48. The number of aliphatic hydroxyl groups excluding tert-OH is 1. The summed E-state index contributed by atoms with van der Waals surface area (Å²) >= 11 is 0. The molecule has 4 aliphatic carbocycles. The van der Waals surface area contributed by atoms with Crippen molar-refractivity contribution < 1.29 is 14.7 Å². The molecule has 0 unspecified atom stereocenters. The highest BCUT2D eigenvalue weighted by molar-refractivity contribution is 5.95. The van der Waals surface area contributed by atoms with E-state index in [2.05, 4.69) is 32.9 Å². The molecule has 2 fully saturated rings. The van der Waals surface area contributed by atoms with Gasteiger partial charge in [0, 0.05) is 6.42 Å². The van der Waals surface area contributed by atoms with Crippen LogP contribution in [0, 0.1) is 40.4 Å². The van der Waals surface area contributed by atoms with Crippen LogP contribution in [0.5, 0.6) is 0 Å². The molecule has 0 heterocycles. The van der Waals surface area contributed by atoms with Crippen molar-refractivity contribution in [3.8, 4) is 0 Å². The fourth-order valence-electron chi connectivity index (χ4n) is 7.91. The number of Topliss-reactive ketones (excluding diaryl/α,β-unsaturated/α-hetero) is 1. The molecular formula is C26H38O3. The summed E-state index contributed by atoms with van der Waals surface area (Å²) in [5.74, 6) is 3.40. The van der Waals surface area contributed by atoms with Crippen molar-refractivity contribution in [1.82, 2.24) is 0 Å². The van der Waals surface area contributed by atoms with Gasteiger partial charge in [0.1, 0.15) is 11.9 Å². The van der Waals surface area contributed by atoms with Gasteiger partial charge in [0.05, 0.1) is 0 Å². The Hall–Kier alpha value is -1.22. The number of carbonyl (C=O) groups excluding carboxylic acids is 2. The molecule has 1 N–H and O–H groups in total. The van der Waals surface area contributed by atoms with Crippen molar-refractivity contribution >= 4 is 11.6 Å². The number of rotatable bonds is 5. The summed E-state index contributed by atoms with van der Waals surface area (Å²) < 4.78 is 0. The molecule has 0 aliphatic heterocycles. The third-order valence-corrected chi connectivity index (χ3v) is 9.50. The normalized spacial score (nSPS) is 44.5. The molecule has 3 heteroatoms. The van der Waals surface area contributed by atoms with E-state index in [9.17, 15) is 14.7 Å². The largest absolute Gasteiger partial charge is 0.385 e. The van der Waals surface area contributed by atoms with Crippen LogP contribution in [0.3, 0.4) is 0 Å². The molecule has 4 rings (SSSR count). The molecule has 0 aromatic rings. The van der Waals surface area contributed by atoms with E-state index in [4.69, 9.17) is 0 Å². The van der Waals surface area contributed by atoms with E-state index in [1.54, 1.807) is 13.0 Å². The minimum Gasteiger partial charge on any atom is -0.385 e. The van der Waals surface area contributed by atoms with Gasteiger partial charge in [-0.2, -0.15) is 0 Å². The van der Waals surface area contributed by atoms with Crippen LogP contribution in [-0.4, -0.2) is 22.8 Å². The number of fused-ring (bicyclic) bond motifs is 5. The van der Waals surface area contributed by atoms with Gasteiger partial charge in [0.2, 0.25) is 0 Å². The predicted octanol–water partition coefficient (Wildman–Crippen LogP) is 5.28. The first-order valence-electron chi connectivity index (χ1n) is 11.8. The smallest absolute Gasteiger partial charge is 0.184 e. The van der Waals surface area contributed by atoms with Gasteiger partial charge in [-0.05, 0) is 97.5 Å². The third kappa shape index (κ3) is 3.38. The van der Waals surface area contributed by atoms with Gasteiger partial charge in [-0.3, -0.25) is 4.79 Å². The lowest BCUT2D eigenvalue weighted by molar-refractivity contribution is -0.126. The van der Waals surface area contributed by atoms with E-state index in [1.165, 1.54) is 25.7 Å². The zero-order chi connectivity index (χ0) is 21.0. The lowest BCUT2D eigenvalue weighted by Crippen LogP contribution is -2.51. The first-order chi connectivity index (χ1) is 13.7. The van der Waals surface area contributed by atoms with Gasteiger partial charge in [0.15, 0.2) is 5.78 Å². The van der Waals surface area contributed by atoms with Crippen LogP contribution in [0.15, 0.2) is 23.8 Å². The topological polar surface area (TPSA) is 54.4 Å². The highest BCUT2D eigenvalue weighted by Crippen LogP contribution is 2.66. The van der Waals surface area contributed by atoms with E-state index in [1.807, 2.05) is 0 Å². The highest BCUT2D eigenvalue weighted by atomic mass is 16.3. The van der Waals surface area contributed by atoms with Crippen molar-refractivity contribution in [1.29, 1.82) is 0 Å². The average Bonchev–Trinajstić information content (AvgIpc) is 3.00. The maximum absolute atomic E-state index is 12.0. The van der Waals surface area contributed by atoms with E-state index in [0.29, 0.717) is 41.3 Å². The van der Waals surface area contributed by atoms with Crippen molar-refractivity contribution in [2.24, 2.45) is 40.4 Å². The van der Waals surface area contributed by atoms with Crippen molar-refractivity contribution in [2.75, 3.05) is 0 Å². The Morgan fingerprint density at radius 1 is 1.24 bits per heavy atom. The fraction of sp³-hybridized carbons (Fsp3) is 0.769. The highest BCUT2D eigenvalue weighted by Gasteiger charge is 2.59. The molecule has 0 aromatic carbocycles.